The first-order valence-electron chi connectivity index (χ1n) is 6.29. The number of thiophene rings is 1. The van der Waals surface area contributed by atoms with Crippen LogP contribution in [-0.2, 0) is 0 Å². The molecule has 1 saturated heterocycles. The minimum Gasteiger partial charge on any atom is -0.433 e. The molecule has 0 radical (unpaired) electrons. The summed E-state index contributed by atoms with van der Waals surface area (Å²) in [5, 5.41) is 1.50. The van der Waals surface area contributed by atoms with E-state index in [2.05, 4.69) is 4.74 Å². The van der Waals surface area contributed by atoms with Gasteiger partial charge in [-0.05, 0) is 11.4 Å². The van der Waals surface area contributed by atoms with E-state index < -0.39 is 18.9 Å². The van der Waals surface area contributed by atoms with E-state index in [0.29, 0.717) is 13.1 Å². The lowest BCUT2D eigenvalue weighted by atomic mass is 10.3. The number of nitrogens with zero attached hydrogens (tertiary/aromatic N) is 2. The van der Waals surface area contributed by atoms with Crippen LogP contribution in [0.3, 0.4) is 0 Å². The Morgan fingerprint density at radius 2 is 1.90 bits per heavy atom. The highest BCUT2D eigenvalue weighted by Crippen LogP contribution is 2.28. The van der Waals surface area contributed by atoms with E-state index in [9.17, 15) is 22.4 Å². The summed E-state index contributed by atoms with van der Waals surface area (Å²) < 4.78 is 53.3. The van der Waals surface area contributed by atoms with Crippen LogP contribution in [0.25, 0.3) is 0 Å². The Morgan fingerprint density at radius 3 is 2.48 bits per heavy atom. The number of amides is 1. The van der Waals surface area contributed by atoms with E-state index in [1.807, 2.05) is 0 Å². The monoisotopic (exact) mass is 326 g/mol. The van der Waals surface area contributed by atoms with E-state index in [-0.39, 0.29) is 30.3 Å². The number of carbonyl (C=O) groups excluding carboxylic acids is 1. The molecule has 0 saturated carbocycles. The fourth-order valence-electron chi connectivity index (χ4n) is 2.11. The molecule has 1 amide bonds. The van der Waals surface area contributed by atoms with Crippen molar-refractivity contribution in [1.82, 2.24) is 9.80 Å². The minimum absolute atomic E-state index is 0.109. The summed E-state index contributed by atoms with van der Waals surface area (Å²) >= 11 is 1.02. The maximum absolute atomic E-state index is 12.3. The zero-order valence-corrected chi connectivity index (χ0v) is 11.8. The second kappa shape index (κ2) is 7.08. The van der Waals surface area contributed by atoms with Crippen LogP contribution in [0.5, 0.6) is 5.75 Å². The molecule has 0 aliphatic carbocycles. The van der Waals surface area contributed by atoms with E-state index in [1.165, 1.54) is 16.3 Å². The summed E-state index contributed by atoms with van der Waals surface area (Å²) in [5.41, 5.74) is 0. The maximum Gasteiger partial charge on any atom is 0.387 e. The third-order valence-electron chi connectivity index (χ3n) is 3.10. The average molecular weight is 326 g/mol. The molecule has 0 spiro atoms. The van der Waals surface area contributed by atoms with Crippen LogP contribution >= 0.6 is 11.3 Å². The summed E-state index contributed by atoms with van der Waals surface area (Å²) in [6.07, 6.45) is -2.41. The van der Waals surface area contributed by atoms with E-state index >= 15 is 0 Å². The average Bonchev–Trinajstić information content (AvgIpc) is 2.85. The van der Waals surface area contributed by atoms with Crippen LogP contribution < -0.4 is 4.74 Å². The lowest BCUT2D eigenvalue weighted by Gasteiger charge is -2.34. The van der Waals surface area contributed by atoms with Gasteiger partial charge >= 0.3 is 6.61 Å². The van der Waals surface area contributed by atoms with Crippen LogP contribution in [0.2, 0.25) is 0 Å². The Bertz CT molecular complexity index is 476. The maximum atomic E-state index is 12.3. The van der Waals surface area contributed by atoms with Gasteiger partial charge in [0.05, 0.1) is 6.54 Å². The molecule has 1 aliphatic rings. The topological polar surface area (TPSA) is 32.8 Å². The van der Waals surface area contributed by atoms with Crippen molar-refractivity contribution in [1.29, 1.82) is 0 Å². The Kier molecular flexibility index (Phi) is 5.40. The largest absolute Gasteiger partial charge is 0.433 e. The molecule has 0 N–H and O–H groups in total. The molecule has 2 heterocycles. The molecule has 1 aromatic heterocycles. The van der Waals surface area contributed by atoms with Crippen LogP contribution in [0.1, 0.15) is 9.67 Å². The summed E-state index contributed by atoms with van der Waals surface area (Å²) in [4.78, 5) is 15.4. The first-order chi connectivity index (χ1) is 9.97. The molecule has 9 heteroatoms. The zero-order chi connectivity index (χ0) is 15.4. The van der Waals surface area contributed by atoms with Crippen molar-refractivity contribution in [2.75, 3.05) is 32.7 Å². The third kappa shape index (κ3) is 4.31. The summed E-state index contributed by atoms with van der Waals surface area (Å²) in [6, 6.07) is 1.32. The van der Waals surface area contributed by atoms with Crippen LogP contribution in [0.4, 0.5) is 17.6 Å². The number of piperazine rings is 1. The van der Waals surface area contributed by atoms with Crippen molar-refractivity contribution in [3.05, 3.63) is 16.3 Å². The smallest absolute Gasteiger partial charge is 0.387 e. The fraction of sp³-hybridized carbons (Fsp3) is 0.583. The highest BCUT2D eigenvalue weighted by Gasteiger charge is 2.27. The van der Waals surface area contributed by atoms with Crippen molar-refractivity contribution in [2.24, 2.45) is 0 Å². The number of hydrogen-bond acceptors (Lipinski definition) is 4. The van der Waals surface area contributed by atoms with Crippen LogP contribution in [-0.4, -0.2) is 61.5 Å². The predicted octanol–water partition coefficient (Wildman–Crippen LogP) is 2.37. The van der Waals surface area contributed by atoms with Crippen molar-refractivity contribution in [2.45, 2.75) is 13.0 Å². The van der Waals surface area contributed by atoms with Gasteiger partial charge in [0.25, 0.3) is 12.3 Å². The third-order valence-corrected chi connectivity index (χ3v) is 3.98. The number of rotatable bonds is 5. The highest BCUT2D eigenvalue weighted by molar-refractivity contribution is 7.12. The standard InChI is InChI=1S/C12H14F4N2O2S/c13-9(14)7-17-2-4-18(5-3-17)11(19)10-8(1-6-21-10)20-12(15)16/h1,6,9,12H,2-5,7H2. The van der Waals surface area contributed by atoms with Crippen molar-refractivity contribution >= 4 is 17.2 Å². The summed E-state index contributed by atoms with van der Waals surface area (Å²) in [7, 11) is 0. The summed E-state index contributed by atoms with van der Waals surface area (Å²) in [5.74, 6) is -0.549. The summed E-state index contributed by atoms with van der Waals surface area (Å²) in [6.45, 7) is -2.05. The molecule has 0 unspecified atom stereocenters. The number of ether oxygens (including phenoxy) is 1. The lowest BCUT2D eigenvalue weighted by molar-refractivity contribution is -0.0499. The Morgan fingerprint density at radius 1 is 1.24 bits per heavy atom. The van der Waals surface area contributed by atoms with Crippen molar-refractivity contribution in [3.8, 4) is 5.75 Å². The molecule has 0 atom stereocenters. The zero-order valence-electron chi connectivity index (χ0n) is 11.0. The molecule has 21 heavy (non-hydrogen) atoms. The van der Waals surface area contributed by atoms with Crippen molar-refractivity contribution < 1.29 is 27.1 Å². The van der Waals surface area contributed by atoms with Crippen molar-refractivity contribution in [3.63, 3.8) is 0 Å². The van der Waals surface area contributed by atoms with Crippen LogP contribution in [0, 0.1) is 0 Å². The molecule has 2 rings (SSSR count). The molecule has 0 aromatic carbocycles. The Labute approximate surface area is 122 Å². The van der Waals surface area contributed by atoms with Gasteiger partial charge in [0.15, 0.2) is 0 Å². The van der Waals surface area contributed by atoms with E-state index in [4.69, 9.17) is 0 Å². The van der Waals surface area contributed by atoms with Gasteiger partial charge in [-0.15, -0.1) is 11.3 Å². The second-order valence-electron chi connectivity index (χ2n) is 4.48. The van der Waals surface area contributed by atoms with Gasteiger partial charge < -0.3 is 9.64 Å². The Hall–Kier alpha value is -1.35. The Balaban J connectivity index is 1.94. The molecule has 1 aliphatic heterocycles. The number of hydrogen-bond donors (Lipinski definition) is 0. The van der Waals surface area contributed by atoms with Gasteiger partial charge in [-0.25, -0.2) is 8.78 Å². The lowest BCUT2D eigenvalue weighted by Crippen LogP contribution is -2.49. The van der Waals surface area contributed by atoms with Crippen LogP contribution in [0.15, 0.2) is 11.4 Å². The first kappa shape index (κ1) is 16.0. The molecule has 4 nitrogen and oxygen atoms in total. The number of alkyl halides is 4. The number of halogens is 4. The van der Waals surface area contributed by atoms with Gasteiger partial charge in [-0.3, -0.25) is 9.69 Å². The van der Waals surface area contributed by atoms with E-state index in [1.54, 1.807) is 4.90 Å². The van der Waals surface area contributed by atoms with Gasteiger partial charge in [-0.2, -0.15) is 8.78 Å². The molecule has 118 valence electrons. The van der Waals surface area contributed by atoms with Gasteiger partial charge in [-0.1, -0.05) is 0 Å². The minimum atomic E-state index is -2.99. The predicted molar refractivity (Wildman–Crippen MR) is 69.3 cm³/mol. The molecular formula is C12H14F4N2O2S. The second-order valence-corrected chi connectivity index (χ2v) is 5.39. The fourth-order valence-corrected chi connectivity index (χ4v) is 2.90. The molecule has 1 fully saturated rings. The molecule has 1 aromatic rings. The van der Waals surface area contributed by atoms with E-state index in [0.717, 1.165) is 11.3 Å². The first-order valence-corrected chi connectivity index (χ1v) is 7.17. The molecule has 0 bridgehead atoms. The van der Waals surface area contributed by atoms with Gasteiger partial charge in [0.1, 0.15) is 10.6 Å². The van der Waals surface area contributed by atoms with Gasteiger partial charge in [0.2, 0.25) is 0 Å². The quantitative estimate of drug-likeness (QED) is 0.779. The number of carbonyl (C=O) groups is 1. The SMILES string of the molecule is O=C(c1sccc1OC(F)F)N1CCN(CC(F)F)CC1. The highest BCUT2D eigenvalue weighted by atomic mass is 32.1. The normalized spacial score (nSPS) is 16.8. The molecular weight excluding hydrogens is 312 g/mol. The van der Waals surface area contributed by atoms with Gasteiger partial charge in [0, 0.05) is 26.2 Å².